The van der Waals surface area contributed by atoms with Gasteiger partial charge in [0, 0.05) is 5.56 Å². The minimum Gasteiger partial charge on any atom is -0.272 e. The quantitative estimate of drug-likeness (QED) is 0.663. The van der Waals surface area contributed by atoms with E-state index in [-0.39, 0.29) is 35.5 Å². The lowest BCUT2D eigenvalue weighted by atomic mass is 9.63. The van der Waals surface area contributed by atoms with Crippen molar-refractivity contribution in [3.63, 3.8) is 0 Å². The van der Waals surface area contributed by atoms with Gasteiger partial charge in [-0.3, -0.25) is 19.8 Å². The van der Waals surface area contributed by atoms with Gasteiger partial charge in [0.2, 0.25) is 0 Å². The minimum atomic E-state index is -0.420. The maximum absolute atomic E-state index is 12.7. The van der Waals surface area contributed by atoms with E-state index < -0.39 is 5.91 Å². The SMILES string of the molecule is O=C(NN1C(=O)[C@H]2[C@@H]3C=C[C@@H]([C@H]4C[C@H]34)[C@@H]2C1=O)c1ccccc1. The summed E-state index contributed by atoms with van der Waals surface area (Å²) in [5, 5.41) is 0.975. The lowest BCUT2D eigenvalue weighted by Gasteiger charge is -2.37. The molecule has 1 saturated heterocycles. The number of carbonyl (C=O) groups excluding carboxylic acids is 3. The molecule has 5 aliphatic rings. The topological polar surface area (TPSA) is 66.5 Å². The molecule has 116 valence electrons. The van der Waals surface area contributed by atoms with Gasteiger partial charge in [-0.15, -0.1) is 0 Å². The first-order valence-electron chi connectivity index (χ1n) is 8.09. The number of hydrogen-bond acceptors (Lipinski definition) is 3. The van der Waals surface area contributed by atoms with Gasteiger partial charge in [0.1, 0.15) is 0 Å². The molecule has 3 amide bonds. The second-order valence-electron chi connectivity index (χ2n) is 6.97. The molecule has 1 aromatic rings. The van der Waals surface area contributed by atoms with Crippen LogP contribution < -0.4 is 5.43 Å². The van der Waals surface area contributed by atoms with Crippen molar-refractivity contribution in [1.82, 2.24) is 10.4 Å². The summed E-state index contributed by atoms with van der Waals surface area (Å²) in [5.74, 6) is 0.00438. The molecule has 1 aliphatic heterocycles. The van der Waals surface area contributed by atoms with Crippen molar-refractivity contribution in [2.75, 3.05) is 0 Å². The molecule has 0 aromatic heterocycles. The minimum absolute atomic E-state index is 0.171. The van der Waals surface area contributed by atoms with Gasteiger partial charge in [-0.2, -0.15) is 5.01 Å². The van der Waals surface area contributed by atoms with Gasteiger partial charge < -0.3 is 0 Å². The van der Waals surface area contributed by atoms with Crippen molar-refractivity contribution >= 4 is 17.7 Å². The van der Waals surface area contributed by atoms with E-state index in [1.54, 1.807) is 24.3 Å². The Hall–Kier alpha value is -2.43. The van der Waals surface area contributed by atoms with Crippen molar-refractivity contribution in [2.45, 2.75) is 6.42 Å². The number of benzene rings is 1. The standard InChI is InChI=1S/C18H16N2O3/c21-16(9-4-2-1-3-5-9)19-20-17(22)14-10-6-7-11(13-8-12(10)13)15(14)18(20)23/h1-7,10-15H,8H2,(H,19,21)/t10-,11+,12-,13-,14+,15+/m1/s1. The average Bonchev–Trinajstić information content (AvgIpc) is 3.37. The lowest BCUT2D eigenvalue weighted by molar-refractivity contribution is -0.143. The average molecular weight is 308 g/mol. The van der Waals surface area contributed by atoms with Gasteiger partial charge in [-0.25, -0.2) is 0 Å². The molecule has 6 atom stereocenters. The van der Waals surface area contributed by atoms with Crippen LogP contribution in [0.25, 0.3) is 0 Å². The van der Waals surface area contributed by atoms with E-state index >= 15 is 0 Å². The Morgan fingerprint density at radius 2 is 1.52 bits per heavy atom. The van der Waals surface area contributed by atoms with Crippen LogP contribution in [-0.2, 0) is 9.59 Å². The summed E-state index contributed by atoms with van der Waals surface area (Å²) in [7, 11) is 0. The van der Waals surface area contributed by atoms with E-state index in [0.29, 0.717) is 17.4 Å². The first-order valence-corrected chi connectivity index (χ1v) is 8.09. The highest BCUT2D eigenvalue weighted by molar-refractivity contribution is 6.08. The van der Waals surface area contributed by atoms with Crippen LogP contribution in [0, 0.1) is 35.5 Å². The van der Waals surface area contributed by atoms with Gasteiger partial charge in [0.05, 0.1) is 11.8 Å². The van der Waals surface area contributed by atoms with Crippen LogP contribution in [0.3, 0.4) is 0 Å². The number of nitrogens with zero attached hydrogens (tertiary/aromatic N) is 1. The fourth-order valence-corrected chi connectivity index (χ4v) is 4.82. The number of amides is 3. The Bertz CT molecular complexity index is 721. The van der Waals surface area contributed by atoms with Crippen LogP contribution in [0.15, 0.2) is 42.5 Å². The summed E-state index contributed by atoms with van der Waals surface area (Å²) >= 11 is 0. The molecule has 23 heavy (non-hydrogen) atoms. The number of imide groups is 1. The normalized spacial score (nSPS) is 39.2. The van der Waals surface area contributed by atoms with Gasteiger partial charge in [-0.1, -0.05) is 30.4 Å². The van der Waals surface area contributed by atoms with Crippen molar-refractivity contribution in [1.29, 1.82) is 0 Å². The van der Waals surface area contributed by atoms with Gasteiger partial charge in [-0.05, 0) is 42.2 Å². The molecule has 0 unspecified atom stereocenters. The fourth-order valence-electron chi connectivity index (χ4n) is 4.82. The van der Waals surface area contributed by atoms with Crippen LogP contribution in [0.2, 0.25) is 0 Å². The summed E-state index contributed by atoms with van der Waals surface area (Å²) in [6.45, 7) is 0. The maximum Gasteiger partial charge on any atom is 0.270 e. The fraction of sp³-hybridized carbons (Fsp3) is 0.389. The van der Waals surface area contributed by atoms with Crippen molar-refractivity contribution in [3.05, 3.63) is 48.0 Å². The highest BCUT2D eigenvalue weighted by Gasteiger charge is 2.67. The van der Waals surface area contributed by atoms with Crippen molar-refractivity contribution < 1.29 is 14.4 Å². The zero-order valence-corrected chi connectivity index (χ0v) is 12.4. The molecule has 4 aliphatic carbocycles. The molecule has 1 aromatic carbocycles. The molecular weight excluding hydrogens is 292 g/mol. The zero-order valence-electron chi connectivity index (χ0n) is 12.4. The summed E-state index contributed by atoms with van der Waals surface area (Å²) in [4.78, 5) is 37.7. The predicted octanol–water partition coefficient (Wildman–Crippen LogP) is 1.38. The Morgan fingerprint density at radius 1 is 0.957 bits per heavy atom. The number of hydrazine groups is 1. The molecule has 5 heteroatoms. The van der Waals surface area contributed by atoms with E-state index in [1.165, 1.54) is 0 Å². The molecule has 0 radical (unpaired) electrons. The first-order chi connectivity index (χ1) is 11.2. The van der Waals surface area contributed by atoms with Crippen LogP contribution in [0.1, 0.15) is 16.8 Å². The van der Waals surface area contributed by atoms with Crippen LogP contribution in [0.4, 0.5) is 0 Å². The Kier molecular flexibility index (Phi) is 2.45. The molecule has 2 saturated carbocycles. The second-order valence-corrected chi connectivity index (χ2v) is 6.97. The summed E-state index contributed by atoms with van der Waals surface area (Å²) in [5.41, 5.74) is 2.95. The number of allylic oxidation sites excluding steroid dienone is 2. The van der Waals surface area contributed by atoms with E-state index in [1.807, 2.05) is 6.07 Å². The molecule has 0 spiro atoms. The number of rotatable bonds is 2. The van der Waals surface area contributed by atoms with E-state index in [2.05, 4.69) is 17.6 Å². The third-order valence-corrected chi connectivity index (χ3v) is 5.91. The summed E-state index contributed by atoms with van der Waals surface area (Å²) in [6.07, 6.45) is 5.37. The van der Waals surface area contributed by atoms with E-state index in [9.17, 15) is 14.4 Å². The second kappa shape index (κ2) is 4.31. The first kappa shape index (κ1) is 13.0. The molecule has 1 heterocycles. The number of carbonyl (C=O) groups is 3. The van der Waals surface area contributed by atoms with E-state index in [4.69, 9.17) is 0 Å². The molecular formula is C18H16N2O3. The highest BCUT2D eigenvalue weighted by Crippen LogP contribution is 2.65. The van der Waals surface area contributed by atoms with Crippen LogP contribution in [-0.4, -0.2) is 22.7 Å². The smallest absolute Gasteiger partial charge is 0.270 e. The maximum atomic E-state index is 12.7. The number of hydrogen-bond donors (Lipinski definition) is 1. The highest BCUT2D eigenvalue weighted by atomic mass is 16.2. The molecule has 2 bridgehead atoms. The van der Waals surface area contributed by atoms with Crippen LogP contribution in [0.5, 0.6) is 0 Å². The van der Waals surface area contributed by atoms with Gasteiger partial charge in [0.25, 0.3) is 17.7 Å². The van der Waals surface area contributed by atoms with Crippen molar-refractivity contribution in [3.8, 4) is 0 Å². The Labute approximate surface area is 133 Å². The summed E-state index contributed by atoms with van der Waals surface area (Å²) in [6, 6.07) is 8.63. The Balaban J connectivity index is 1.42. The Morgan fingerprint density at radius 3 is 2.09 bits per heavy atom. The molecule has 5 nitrogen and oxygen atoms in total. The number of nitrogens with one attached hydrogen (secondary N) is 1. The molecule has 6 rings (SSSR count). The van der Waals surface area contributed by atoms with Gasteiger partial charge >= 0.3 is 0 Å². The van der Waals surface area contributed by atoms with Crippen molar-refractivity contribution in [2.24, 2.45) is 35.5 Å². The van der Waals surface area contributed by atoms with Crippen LogP contribution >= 0.6 is 0 Å². The largest absolute Gasteiger partial charge is 0.272 e. The summed E-state index contributed by atoms with van der Waals surface area (Å²) < 4.78 is 0. The van der Waals surface area contributed by atoms with Gasteiger partial charge in [0.15, 0.2) is 0 Å². The third kappa shape index (κ3) is 1.65. The monoisotopic (exact) mass is 308 g/mol. The molecule has 3 fully saturated rings. The lowest BCUT2D eigenvalue weighted by Crippen LogP contribution is -2.46. The zero-order chi connectivity index (χ0) is 15.7. The molecule has 1 N–H and O–H groups in total. The third-order valence-electron chi connectivity index (χ3n) is 5.91. The predicted molar refractivity (Wildman–Crippen MR) is 80.5 cm³/mol. The van der Waals surface area contributed by atoms with E-state index in [0.717, 1.165) is 11.4 Å².